The second-order valence-electron chi connectivity index (χ2n) is 5.67. The van der Waals surface area contributed by atoms with Gasteiger partial charge in [0, 0.05) is 36.5 Å². The molecule has 1 fully saturated rings. The lowest BCUT2D eigenvalue weighted by molar-refractivity contribution is -0.0395. The number of rotatable bonds is 3. The summed E-state index contributed by atoms with van der Waals surface area (Å²) in [6, 6.07) is 1.95. The maximum absolute atomic E-state index is 11.4. The SMILES string of the molecule is O=Cc1nn(C2CCCCO2)cc1-c1ccnc2c1C=CC2. The van der Waals surface area contributed by atoms with E-state index >= 15 is 0 Å². The average Bonchev–Trinajstić information content (AvgIpc) is 3.22. The molecule has 2 aromatic rings. The first-order valence-electron chi connectivity index (χ1n) is 7.67. The Morgan fingerprint density at radius 2 is 2.27 bits per heavy atom. The van der Waals surface area contributed by atoms with Crippen LogP contribution in [0.25, 0.3) is 17.2 Å². The molecule has 0 bridgehead atoms. The van der Waals surface area contributed by atoms with Gasteiger partial charge in [-0.2, -0.15) is 5.10 Å². The first-order chi connectivity index (χ1) is 10.9. The van der Waals surface area contributed by atoms with Gasteiger partial charge in [-0.15, -0.1) is 0 Å². The first-order valence-corrected chi connectivity index (χ1v) is 7.67. The smallest absolute Gasteiger partial charge is 0.170 e. The van der Waals surface area contributed by atoms with E-state index < -0.39 is 0 Å². The fourth-order valence-electron chi connectivity index (χ4n) is 3.17. The van der Waals surface area contributed by atoms with Crippen molar-refractivity contribution in [2.75, 3.05) is 6.61 Å². The van der Waals surface area contributed by atoms with Crippen LogP contribution in [0.1, 0.15) is 47.2 Å². The molecule has 5 heteroatoms. The van der Waals surface area contributed by atoms with Gasteiger partial charge in [0.1, 0.15) is 11.9 Å². The minimum Gasteiger partial charge on any atom is -0.357 e. The van der Waals surface area contributed by atoms with E-state index in [2.05, 4.69) is 22.2 Å². The van der Waals surface area contributed by atoms with Crippen molar-refractivity contribution in [2.45, 2.75) is 31.9 Å². The topological polar surface area (TPSA) is 57.0 Å². The summed E-state index contributed by atoms with van der Waals surface area (Å²) in [6.07, 6.45) is 12.7. The Bertz CT molecular complexity index is 742. The number of nitrogens with zero attached hydrogens (tertiary/aromatic N) is 3. The summed E-state index contributed by atoms with van der Waals surface area (Å²) in [5, 5.41) is 4.43. The highest BCUT2D eigenvalue weighted by atomic mass is 16.5. The molecular formula is C17H17N3O2. The van der Waals surface area contributed by atoms with Gasteiger partial charge in [-0.1, -0.05) is 12.2 Å². The molecule has 0 spiro atoms. The van der Waals surface area contributed by atoms with Crippen molar-refractivity contribution in [3.8, 4) is 11.1 Å². The monoisotopic (exact) mass is 295 g/mol. The number of allylic oxidation sites excluding steroid dienone is 1. The molecule has 4 rings (SSSR count). The zero-order chi connectivity index (χ0) is 14.9. The Hall–Kier alpha value is -2.27. The lowest BCUT2D eigenvalue weighted by atomic mass is 10.0. The molecule has 112 valence electrons. The highest BCUT2D eigenvalue weighted by molar-refractivity contribution is 5.89. The Morgan fingerprint density at radius 1 is 1.32 bits per heavy atom. The van der Waals surface area contributed by atoms with Crippen molar-refractivity contribution in [1.82, 2.24) is 14.8 Å². The summed E-state index contributed by atoms with van der Waals surface area (Å²) in [7, 11) is 0. The molecule has 2 aromatic heterocycles. The summed E-state index contributed by atoms with van der Waals surface area (Å²) in [4.78, 5) is 15.8. The van der Waals surface area contributed by atoms with E-state index in [4.69, 9.17) is 4.74 Å². The zero-order valence-electron chi connectivity index (χ0n) is 12.2. The number of fused-ring (bicyclic) bond motifs is 1. The van der Waals surface area contributed by atoms with Crippen molar-refractivity contribution < 1.29 is 9.53 Å². The van der Waals surface area contributed by atoms with E-state index in [9.17, 15) is 4.79 Å². The number of aromatic nitrogens is 3. The van der Waals surface area contributed by atoms with Crippen LogP contribution in [0, 0.1) is 0 Å². The molecule has 5 nitrogen and oxygen atoms in total. The minimum atomic E-state index is -0.0633. The largest absolute Gasteiger partial charge is 0.357 e. The molecule has 2 aliphatic rings. The Balaban J connectivity index is 1.78. The summed E-state index contributed by atoms with van der Waals surface area (Å²) in [5.41, 5.74) is 4.48. The van der Waals surface area contributed by atoms with Crippen LogP contribution in [0.3, 0.4) is 0 Å². The van der Waals surface area contributed by atoms with Crippen molar-refractivity contribution in [2.24, 2.45) is 0 Å². The predicted octanol–water partition coefficient (Wildman–Crippen LogP) is 3.03. The maximum atomic E-state index is 11.4. The molecule has 1 aliphatic heterocycles. The summed E-state index contributed by atoms with van der Waals surface area (Å²) >= 11 is 0. The first kappa shape index (κ1) is 13.4. The molecule has 0 radical (unpaired) electrons. The maximum Gasteiger partial charge on any atom is 0.170 e. The molecule has 1 unspecified atom stereocenters. The third-order valence-electron chi connectivity index (χ3n) is 4.28. The van der Waals surface area contributed by atoms with Crippen LogP contribution in [0.15, 0.2) is 24.5 Å². The van der Waals surface area contributed by atoms with Gasteiger partial charge in [-0.3, -0.25) is 9.78 Å². The third kappa shape index (κ3) is 2.18. The predicted molar refractivity (Wildman–Crippen MR) is 82.4 cm³/mol. The molecule has 0 saturated carbocycles. The Kier molecular flexibility index (Phi) is 3.35. The number of ether oxygens (including phenoxy) is 1. The lowest BCUT2D eigenvalue weighted by Crippen LogP contribution is -2.18. The van der Waals surface area contributed by atoms with Crippen LogP contribution in [-0.4, -0.2) is 27.7 Å². The number of carbonyl (C=O) groups is 1. The van der Waals surface area contributed by atoms with E-state index in [1.165, 1.54) is 0 Å². The third-order valence-corrected chi connectivity index (χ3v) is 4.28. The van der Waals surface area contributed by atoms with Crippen LogP contribution in [0.5, 0.6) is 0 Å². The number of aldehydes is 1. The van der Waals surface area contributed by atoms with Gasteiger partial charge in [-0.05, 0) is 30.9 Å². The summed E-state index contributed by atoms with van der Waals surface area (Å²) in [5.74, 6) is 0. The second kappa shape index (κ2) is 5.50. The zero-order valence-corrected chi connectivity index (χ0v) is 12.2. The lowest BCUT2D eigenvalue weighted by Gasteiger charge is -2.22. The van der Waals surface area contributed by atoms with Crippen LogP contribution in [0.2, 0.25) is 0 Å². The number of carbonyl (C=O) groups excluding carboxylic acids is 1. The van der Waals surface area contributed by atoms with Gasteiger partial charge >= 0.3 is 0 Å². The van der Waals surface area contributed by atoms with Crippen LogP contribution in [-0.2, 0) is 11.2 Å². The highest BCUT2D eigenvalue weighted by Crippen LogP contribution is 2.33. The van der Waals surface area contributed by atoms with Crippen LogP contribution in [0.4, 0.5) is 0 Å². The van der Waals surface area contributed by atoms with Gasteiger partial charge in [0.15, 0.2) is 6.29 Å². The van der Waals surface area contributed by atoms with Crippen LogP contribution >= 0.6 is 0 Å². The van der Waals surface area contributed by atoms with Gasteiger partial charge in [0.2, 0.25) is 0 Å². The average molecular weight is 295 g/mol. The molecular weight excluding hydrogens is 278 g/mol. The molecule has 1 atom stereocenters. The van der Waals surface area contributed by atoms with Gasteiger partial charge in [-0.25, -0.2) is 4.68 Å². The molecule has 0 amide bonds. The molecule has 1 aliphatic carbocycles. The summed E-state index contributed by atoms with van der Waals surface area (Å²) < 4.78 is 7.56. The minimum absolute atomic E-state index is 0.0633. The van der Waals surface area contributed by atoms with Crippen molar-refractivity contribution in [1.29, 1.82) is 0 Å². The van der Waals surface area contributed by atoms with E-state index in [0.29, 0.717) is 5.69 Å². The van der Waals surface area contributed by atoms with E-state index in [0.717, 1.165) is 61.0 Å². The summed E-state index contributed by atoms with van der Waals surface area (Å²) in [6.45, 7) is 0.754. The van der Waals surface area contributed by atoms with Gasteiger partial charge in [0.25, 0.3) is 0 Å². The quantitative estimate of drug-likeness (QED) is 0.817. The molecule has 22 heavy (non-hydrogen) atoms. The molecule has 0 N–H and O–H groups in total. The second-order valence-corrected chi connectivity index (χ2v) is 5.67. The fourth-order valence-corrected chi connectivity index (χ4v) is 3.17. The number of hydrogen-bond donors (Lipinski definition) is 0. The van der Waals surface area contributed by atoms with Crippen molar-refractivity contribution in [3.05, 3.63) is 41.5 Å². The standard InChI is InChI=1S/C17H17N3O2/c21-11-16-14(10-20(19-16)17-6-1-2-9-22-17)12-7-8-18-15-5-3-4-13(12)15/h3-4,7-8,10-11,17H,1-2,5-6,9H2. The Morgan fingerprint density at radius 3 is 3.09 bits per heavy atom. The molecule has 3 heterocycles. The van der Waals surface area contributed by atoms with E-state index in [-0.39, 0.29) is 6.23 Å². The fraction of sp³-hybridized carbons (Fsp3) is 0.353. The van der Waals surface area contributed by atoms with E-state index in [1.807, 2.05) is 12.3 Å². The molecule has 0 aromatic carbocycles. The van der Waals surface area contributed by atoms with Crippen LogP contribution < -0.4 is 0 Å². The number of pyridine rings is 1. The van der Waals surface area contributed by atoms with Gasteiger partial charge < -0.3 is 4.74 Å². The van der Waals surface area contributed by atoms with E-state index in [1.54, 1.807) is 10.9 Å². The van der Waals surface area contributed by atoms with Crippen molar-refractivity contribution >= 4 is 12.4 Å². The normalized spacial score (nSPS) is 20.1. The van der Waals surface area contributed by atoms with Crippen molar-refractivity contribution in [3.63, 3.8) is 0 Å². The molecule has 1 saturated heterocycles. The Labute approximate surface area is 128 Å². The number of hydrogen-bond acceptors (Lipinski definition) is 4. The highest BCUT2D eigenvalue weighted by Gasteiger charge is 2.22. The van der Waals surface area contributed by atoms with Gasteiger partial charge in [0.05, 0.1) is 5.69 Å².